The quantitative estimate of drug-likeness (QED) is 0.726. The van der Waals surface area contributed by atoms with Crippen molar-refractivity contribution in [3.63, 3.8) is 0 Å². The molecule has 23 heavy (non-hydrogen) atoms. The Bertz CT molecular complexity index is 661. The predicted octanol–water partition coefficient (Wildman–Crippen LogP) is 2.36. The summed E-state index contributed by atoms with van der Waals surface area (Å²) in [5.74, 6) is -0.356. The van der Waals surface area contributed by atoms with Crippen LogP contribution in [0.4, 0.5) is 9.52 Å². The highest BCUT2D eigenvalue weighted by atomic mass is 32.1. The second-order valence-corrected chi connectivity index (χ2v) is 6.22. The normalized spacial score (nSPS) is 10.7. The Morgan fingerprint density at radius 2 is 2.26 bits per heavy atom. The topological polar surface area (TPSA) is 63.2 Å². The zero-order valence-electron chi connectivity index (χ0n) is 13.2. The Hall–Kier alpha value is -1.83. The standard InChI is InChI=1S/C16H20FN3O2S/c1-11-3-4-12(8-14(11)17)7-13-9-19-16(23-13)20-15(21)10-18-5-6-22-2/h3-4,8-9,18H,5-7,10H2,1-2H3,(H,19,20,21). The predicted molar refractivity (Wildman–Crippen MR) is 89.4 cm³/mol. The van der Waals surface area contributed by atoms with E-state index in [1.807, 2.05) is 6.07 Å². The van der Waals surface area contributed by atoms with E-state index in [9.17, 15) is 9.18 Å². The maximum Gasteiger partial charge on any atom is 0.240 e. The molecular formula is C16H20FN3O2S. The summed E-state index contributed by atoms with van der Waals surface area (Å²) in [7, 11) is 1.61. The minimum absolute atomic E-state index is 0.150. The fraction of sp³-hybridized carbons (Fsp3) is 0.375. The number of carbonyl (C=O) groups excluding carboxylic acids is 1. The van der Waals surface area contributed by atoms with Crippen molar-refractivity contribution in [2.75, 3.05) is 32.1 Å². The SMILES string of the molecule is COCCNCC(=O)Nc1ncc(Cc2ccc(C)c(F)c2)s1. The van der Waals surface area contributed by atoms with Gasteiger partial charge >= 0.3 is 0 Å². The van der Waals surface area contributed by atoms with Gasteiger partial charge in [0.25, 0.3) is 0 Å². The van der Waals surface area contributed by atoms with Crippen LogP contribution >= 0.6 is 11.3 Å². The molecule has 1 heterocycles. The Balaban J connectivity index is 1.85. The third-order valence-corrected chi connectivity index (χ3v) is 4.10. The molecule has 1 aromatic carbocycles. The fourth-order valence-electron chi connectivity index (χ4n) is 1.93. The van der Waals surface area contributed by atoms with Gasteiger partial charge in [0.15, 0.2) is 5.13 Å². The summed E-state index contributed by atoms with van der Waals surface area (Å²) >= 11 is 1.39. The van der Waals surface area contributed by atoms with Gasteiger partial charge in [-0.2, -0.15) is 0 Å². The summed E-state index contributed by atoms with van der Waals surface area (Å²) in [6.07, 6.45) is 2.30. The van der Waals surface area contributed by atoms with E-state index in [1.54, 1.807) is 26.3 Å². The number of rotatable bonds is 8. The van der Waals surface area contributed by atoms with Crippen molar-refractivity contribution in [2.24, 2.45) is 0 Å². The van der Waals surface area contributed by atoms with E-state index in [-0.39, 0.29) is 18.3 Å². The maximum atomic E-state index is 13.5. The molecule has 0 saturated heterocycles. The first-order valence-corrected chi connectivity index (χ1v) is 8.09. The molecule has 0 radical (unpaired) electrons. The van der Waals surface area contributed by atoms with Crippen LogP contribution in [0, 0.1) is 12.7 Å². The number of anilines is 1. The lowest BCUT2D eigenvalue weighted by Crippen LogP contribution is -2.30. The van der Waals surface area contributed by atoms with E-state index in [1.165, 1.54) is 17.4 Å². The van der Waals surface area contributed by atoms with Crippen LogP contribution in [0.2, 0.25) is 0 Å². The van der Waals surface area contributed by atoms with Crippen molar-refractivity contribution < 1.29 is 13.9 Å². The van der Waals surface area contributed by atoms with Gasteiger partial charge in [-0.25, -0.2) is 9.37 Å². The third kappa shape index (κ3) is 5.70. The minimum Gasteiger partial charge on any atom is -0.383 e. The Morgan fingerprint density at radius 3 is 3.00 bits per heavy atom. The molecule has 0 spiro atoms. The van der Waals surface area contributed by atoms with Crippen molar-refractivity contribution in [1.29, 1.82) is 0 Å². The molecule has 2 N–H and O–H groups in total. The Labute approximate surface area is 138 Å². The third-order valence-electron chi connectivity index (χ3n) is 3.18. The van der Waals surface area contributed by atoms with Crippen LogP contribution in [-0.4, -0.2) is 37.7 Å². The van der Waals surface area contributed by atoms with Gasteiger partial charge < -0.3 is 15.4 Å². The largest absolute Gasteiger partial charge is 0.383 e. The summed E-state index contributed by atoms with van der Waals surface area (Å²) in [6, 6.07) is 5.20. The highest BCUT2D eigenvalue weighted by Crippen LogP contribution is 2.22. The van der Waals surface area contributed by atoms with Gasteiger partial charge in [-0.3, -0.25) is 4.79 Å². The van der Waals surface area contributed by atoms with Gasteiger partial charge in [-0.15, -0.1) is 11.3 Å². The number of aryl methyl sites for hydroxylation is 1. The molecule has 0 saturated carbocycles. The first-order valence-electron chi connectivity index (χ1n) is 7.27. The van der Waals surface area contributed by atoms with E-state index in [4.69, 9.17) is 4.74 Å². The zero-order chi connectivity index (χ0) is 16.7. The van der Waals surface area contributed by atoms with Crippen molar-refractivity contribution in [2.45, 2.75) is 13.3 Å². The highest BCUT2D eigenvalue weighted by Gasteiger charge is 2.08. The molecule has 1 aromatic heterocycles. The van der Waals surface area contributed by atoms with Gasteiger partial charge in [0.1, 0.15) is 5.82 Å². The van der Waals surface area contributed by atoms with Crippen molar-refractivity contribution in [1.82, 2.24) is 10.3 Å². The van der Waals surface area contributed by atoms with Crippen LogP contribution in [-0.2, 0) is 16.0 Å². The number of hydrogen-bond donors (Lipinski definition) is 2. The smallest absolute Gasteiger partial charge is 0.240 e. The molecule has 1 amide bonds. The highest BCUT2D eigenvalue weighted by molar-refractivity contribution is 7.15. The molecular weight excluding hydrogens is 317 g/mol. The second kappa shape index (κ2) is 8.71. The average Bonchev–Trinajstić information content (AvgIpc) is 2.94. The fourth-order valence-corrected chi connectivity index (χ4v) is 2.80. The van der Waals surface area contributed by atoms with E-state index in [2.05, 4.69) is 15.6 Å². The molecule has 0 fully saturated rings. The summed E-state index contributed by atoms with van der Waals surface area (Å²) in [4.78, 5) is 16.9. The summed E-state index contributed by atoms with van der Waals surface area (Å²) < 4.78 is 18.4. The molecule has 0 aliphatic heterocycles. The average molecular weight is 337 g/mol. The van der Waals surface area contributed by atoms with Gasteiger partial charge in [0, 0.05) is 31.1 Å². The van der Waals surface area contributed by atoms with Gasteiger partial charge in [0.2, 0.25) is 5.91 Å². The van der Waals surface area contributed by atoms with Crippen LogP contribution in [0.25, 0.3) is 0 Å². The number of thiazole rings is 1. The Morgan fingerprint density at radius 1 is 1.43 bits per heavy atom. The number of aromatic nitrogens is 1. The monoisotopic (exact) mass is 337 g/mol. The number of nitrogens with zero attached hydrogens (tertiary/aromatic N) is 1. The number of ether oxygens (including phenoxy) is 1. The maximum absolute atomic E-state index is 13.5. The molecule has 124 valence electrons. The number of carbonyl (C=O) groups is 1. The number of methoxy groups -OCH3 is 1. The molecule has 0 aliphatic rings. The molecule has 5 nitrogen and oxygen atoms in total. The van der Waals surface area contributed by atoms with Crippen LogP contribution in [0.1, 0.15) is 16.0 Å². The van der Waals surface area contributed by atoms with Crippen LogP contribution < -0.4 is 10.6 Å². The lowest BCUT2D eigenvalue weighted by atomic mass is 10.1. The molecule has 2 aromatic rings. The van der Waals surface area contributed by atoms with Gasteiger partial charge in [0.05, 0.1) is 13.2 Å². The summed E-state index contributed by atoms with van der Waals surface area (Å²) in [6.45, 7) is 3.12. The van der Waals surface area contributed by atoms with Crippen molar-refractivity contribution >= 4 is 22.4 Å². The lowest BCUT2D eigenvalue weighted by molar-refractivity contribution is -0.115. The summed E-state index contributed by atoms with van der Waals surface area (Å²) in [5.41, 5.74) is 1.52. The van der Waals surface area contributed by atoms with Gasteiger partial charge in [-0.05, 0) is 24.1 Å². The van der Waals surface area contributed by atoms with Crippen LogP contribution in [0.3, 0.4) is 0 Å². The zero-order valence-corrected chi connectivity index (χ0v) is 14.0. The van der Waals surface area contributed by atoms with Crippen LogP contribution in [0.5, 0.6) is 0 Å². The summed E-state index contributed by atoms with van der Waals surface area (Å²) in [5, 5.41) is 6.25. The van der Waals surface area contributed by atoms with Crippen molar-refractivity contribution in [3.05, 3.63) is 46.2 Å². The molecule has 0 bridgehead atoms. The molecule has 7 heteroatoms. The number of hydrogen-bond acceptors (Lipinski definition) is 5. The first kappa shape index (κ1) is 17.5. The number of nitrogens with one attached hydrogen (secondary N) is 2. The minimum atomic E-state index is -0.206. The number of benzene rings is 1. The van der Waals surface area contributed by atoms with Crippen LogP contribution in [0.15, 0.2) is 24.4 Å². The van der Waals surface area contributed by atoms with E-state index in [0.717, 1.165) is 10.4 Å². The lowest BCUT2D eigenvalue weighted by Gasteiger charge is -2.03. The Kier molecular flexibility index (Phi) is 6.64. The van der Waals surface area contributed by atoms with E-state index < -0.39 is 0 Å². The number of halogens is 1. The number of amides is 1. The molecule has 0 aliphatic carbocycles. The second-order valence-electron chi connectivity index (χ2n) is 5.11. The van der Waals surface area contributed by atoms with Crippen molar-refractivity contribution in [3.8, 4) is 0 Å². The first-order chi connectivity index (χ1) is 11.1. The van der Waals surface area contributed by atoms with Gasteiger partial charge in [-0.1, -0.05) is 12.1 Å². The van der Waals surface area contributed by atoms with E-state index in [0.29, 0.717) is 30.3 Å². The molecule has 0 unspecified atom stereocenters. The molecule has 2 rings (SSSR count). The molecule has 0 atom stereocenters. The van der Waals surface area contributed by atoms with E-state index >= 15 is 0 Å².